The molecule has 1 heterocycles. The summed E-state index contributed by atoms with van der Waals surface area (Å²) in [4.78, 5) is 13.6. The van der Waals surface area contributed by atoms with E-state index in [1.165, 1.54) is 0 Å². The standard InChI is InChI=1S/C13H15Cl3N2O/c1-7(17-10-5-6-18(2)13(10)19)8-3-4-9(14)12(16)11(8)15/h3-4,7,10,17H,5-6H2,1-2H3. The highest BCUT2D eigenvalue weighted by Crippen LogP contribution is 2.35. The first-order chi connectivity index (χ1) is 8.91. The minimum atomic E-state index is -0.162. The van der Waals surface area contributed by atoms with Gasteiger partial charge in [-0.2, -0.15) is 0 Å². The summed E-state index contributed by atoms with van der Waals surface area (Å²) in [6.07, 6.45) is 0.804. The van der Waals surface area contributed by atoms with Gasteiger partial charge < -0.3 is 4.90 Å². The van der Waals surface area contributed by atoms with E-state index >= 15 is 0 Å². The molecule has 3 nitrogen and oxygen atoms in total. The molecule has 104 valence electrons. The summed E-state index contributed by atoms with van der Waals surface area (Å²) < 4.78 is 0. The lowest BCUT2D eigenvalue weighted by Gasteiger charge is -2.20. The van der Waals surface area contributed by atoms with Crippen molar-refractivity contribution in [3.05, 3.63) is 32.8 Å². The average Bonchev–Trinajstić information content (AvgIpc) is 2.68. The highest BCUT2D eigenvalue weighted by atomic mass is 35.5. The van der Waals surface area contributed by atoms with E-state index in [1.807, 2.05) is 13.0 Å². The minimum absolute atomic E-state index is 0.0669. The monoisotopic (exact) mass is 320 g/mol. The van der Waals surface area contributed by atoms with Gasteiger partial charge in [0.2, 0.25) is 5.91 Å². The number of halogens is 3. The number of carbonyl (C=O) groups is 1. The molecule has 0 bridgehead atoms. The van der Waals surface area contributed by atoms with Crippen molar-refractivity contribution in [1.29, 1.82) is 0 Å². The number of nitrogens with one attached hydrogen (secondary N) is 1. The summed E-state index contributed by atoms with van der Waals surface area (Å²) in [6, 6.07) is 3.32. The van der Waals surface area contributed by atoms with Crippen molar-refractivity contribution in [2.75, 3.05) is 13.6 Å². The van der Waals surface area contributed by atoms with Gasteiger partial charge in [0.15, 0.2) is 0 Å². The Morgan fingerprint density at radius 2 is 2.00 bits per heavy atom. The van der Waals surface area contributed by atoms with E-state index in [-0.39, 0.29) is 18.0 Å². The maximum absolute atomic E-state index is 11.9. The highest BCUT2D eigenvalue weighted by Gasteiger charge is 2.30. The van der Waals surface area contributed by atoms with Crippen molar-refractivity contribution >= 4 is 40.7 Å². The smallest absolute Gasteiger partial charge is 0.239 e. The SMILES string of the molecule is CC(NC1CCN(C)C1=O)c1ccc(Cl)c(Cl)c1Cl. The molecule has 1 N–H and O–H groups in total. The molecule has 19 heavy (non-hydrogen) atoms. The van der Waals surface area contributed by atoms with Crippen molar-refractivity contribution in [1.82, 2.24) is 10.2 Å². The van der Waals surface area contributed by atoms with Crippen LogP contribution in [0.4, 0.5) is 0 Å². The van der Waals surface area contributed by atoms with Crippen LogP contribution in [-0.2, 0) is 4.79 Å². The van der Waals surface area contributed by atoms with Gasteiger partial charge in [0.25, 0.3) is 0 Å². The lowest BCUT2D eigenvalue weighted by molar-refractivity contribution is -0.128. The van der Waals surface area contributed by atoms with Crippen LogP contribution in [0.25, 0.3) is 0 Å². The largest absolute Gasteiger partial charge is 0.344 e. The Labute approximate surface area is 127 Å². The molecule has 1 amide bonds. The third-order valence-electron chi connectivity index (χ3n) is 3.41. The molecule has 1 fully saturated rings. The first kappa shape index (κ1) is 14.9. The van der Waals surface area contributed by atoms with Gasteiger partial charge in [-0.15, -0.1) is 0 Å². The second kappa shape index (κ2) is 5.88. The maximum atomic E-state index is 11.9. The van der Waals surface area contributed by atoms with Crippen molar-refractivity contribution in [2.24, 2.45) is 0 Å². The zero-order valence-corrected chi connectivity index (χ0v) is 13.0. The van der Waals surface area contributed by atoms with Crippen molar-refractivity contribution in [3.8, 4) is 0 Å². The fourth-order valence-corrected chi connectivity index (χ4v) is 2.95. The number of amides is 1. The number of carbonyl (C=O) groups excluding carboxylic acids is 1. The molecule has 2 rings (SSSR count). The molecule has 1 aromatic carbocycles. The fraction of sp³-hybridized carbons (Fsp3) is 0.462. The Hall–Kier alpha value is -0.480. The Kier molecular flexibility index (Phi) is 4.62. The highest BCUT2D eigenvalue weighted by molar-refractivity contribution is 6.48. The van der Waals surface area contributed by atoms with E-state index in [0.717, 1.165) is 18.5 Å². The molecule has 6 heteroatoms. The number of likely N-dealkylation sites (N-methyl/N-ethyl adjacent to an activating group) is 1. The van der Waals surface area contributed by atoms with E-state index in [4.69, 9.17) is 34.8 Å². The molecule has 0 aliphatic carbocycles. The normalized spacial score (nSPS) is 21.0. The van der Waals surface area contributed by atoms with Crippen LogP contribution in [-0.4, -0.2) is 30.4 Å². The van der Waals surface area contributed by atoms with Crippen LogP contribution in [0, 0.1) is 0 Å². The minimum Gasteiger partial charge on any atom is -0.344 e. The molecule has 1 aliphatic heterocycles. The molecule has 1 aliphatic rings. The summed E-state index contributed by atoms with van der Waals surface area (Å²) in [6.45, 7) is 2.73. The lowest BCUT2D eigenvalue weighted by Crippen LogP contribution is -2.38. The number of hydrogen-bond donors (Lipinski definition) is 1. The van der Waals surface area contributed by atoms with Crippen LogP contribution in [0.1, 0.15) is 24.9 Å². The fourth-order valence-electron chi connectivity index (χ4n) is 2.24. The molecule has 0 spiro atoms. The van der Waals surface area contributed by atoms with Crippen LogP contribution >= 0.6 is 34.8 Å². The van der Waals surface area contributed by atoms with Gasteiger partial charge in [0.1, 0.15) is 0 Å². The third kappa shape index (κ3) is 3.00. The first-order valence-corrected chi connectivity index (χ1v) is 7.19. The van der Waals surface area contributed by atoms with E-state index < -0.39 is 0 Å². The second-order valence-corrected chi connectivity index (χ2v) is 5.92. The van der Waals surface area contributed by atoms with Crippen LogP contribution in [0.5, 0.6) is 0 Å². The van der Waals surface area contributed by atoms with Gasteiger partial charge in [-0.05, 0) is 25.0 Å². The zero-order valence-electron chi connectivity index (χ0n) is 10.7. The van der Waals surface area contributed by atoms with Crippen molar-refractivity contribution in [2.45, 2.75) is 25.4 Å². The number of likely N-dealkylation sites (tertiary alicyclic amines) is 1. The van der Waals surface area contributed by atoms with Crippen LogP contribution in [0.2, 0.25) is 15.1 Å². The lowest BCUT2D eigenvalue weighted by atomic mass is 10.1. The predicted molar refractivity (Wildman–Crippen MR) is 79.1 cm³/mol. The Morgan fingerprint density at radius 3 is 2.58 bits per heavy atom. The average molecular weight is 322 g/mol. The molecule has 2 atom stereocenters. The molecule has 1 saturated heterocycles. The summed E-state index contributed by atoms with van der Waals surface area (Å²) in [7, 11) is 1.81. The van der Waals surface area contributed by atoms with E-state index in [2.05, 4.69) is 5.32 Å². The molecular formula is C13H15Cl3N2O. The Balaban J connectivity index is 2.15. The maximum Gasteiger partial charge on any atom is 0.239 e. The van der Waals surface area contributed by atoms with Crippen LogP contribution < -0.4 is 5.32 Å². The van der Waals surface area contributed by atoms with Gasteiger partial charge >= 0.3 is 0 Å². The number of nitrogens with zero attached hydrogens (tertiary/aromatic N) is 1. The van der Waals surface area contributed by atoms with Gasteiger partial charge in [-0.25, -0.2) is 0 Å². The molecule has 0 aromatic heterocycles. The molecule has 2 unspecified atom stereocenters. The number of benzene rings is 1. The summed E-state index contributed by atoms with van der Waals surface area (Å²) in [5, 5.41) is 4.50. The summed E-state index contributed by atoms with van der Waals surface area (Å²) in [5.74, 6) is 0.114. The van der Waals surface area contributed by atoms with Gasteiger partial charge in [-0.3, -0.25) is 10.1 Å². The molecular weight excluding hydrogens is 307 g/mol. The first-order valence-electron chi connectivity index (χ1n) is 6.06. The topological polar surface area (TPSA) is 32.3 Å². The van der Waals surface area contributed by atoms with Gasteiger partial charge in [0, 0.05) is 19.6 Å². The summed E-state index contributed by atoms with van der Waals surface area (Å²) in [5.41, 5.74) is 0.846. The van der Waals surface area contributed by atoms with Crippen LogP contribution in [0.15, 0.2) is 12.1 Å². The summed E-state index contributed by atoms with van der Waals surface area (Å²) >= 11 is 18.1. The quantitative estimate of drug-likeness (QED) is 0.864. The Morgan fingerprint density at radius 1 is 1.32 bits per heavy atom. The zero-order chi connectivity index (χ0) is 14.2. The second-order valence-electron chi connectivity index (χ2n) is 4.75. The van der Waals surface area contributed by atoms with E-state index in [9.17, 15) is 4.79 Å². The molecule has 0 saturated carbocycles. The predicted octanol–water partition coefficient (Wildman–Crippen LogP) is 3.53. The van der Waals surface area contributed by atoms with Crippen molar-refractivity contribution < 1.29 is 4.79 Å². The third-order valence-corrected chi connectivity index (χ3v) is 4.72. The van der Waals surface area contributed by atoms with Gasteiger partial charge in [-0.1, -0.05) is 40.9 Å². The van der Waals surface area contributed by atoms with E-state index in [1.54, 1.807) is 18.0 Å². The number of rotatable bonds is 3. The molecule has 0 radical (unpaired) electrons. The number of hydrogen-bond acceptors (Lipinski definition) is 2. The molecule has 1 aromatic rings. The van der Waals surface area contributed by atoms with Gasteiger partial charge in [0.05, 0.1) is 21.1 Å². The Bertz CT molecular complexity index is 507. The van der Waals surface area contributed by atoms with E-state index in [0.29, 0.717) is 15.1 Å². The van der Waals surface area contributed by atoms with Crippen molar-refractivity contribution in [3.63, 3.8) is 0 Å². The van der Waals surface area contributed by atoms with Crippen LogP contribution in [0.3, 0.4) is 0 Å².